The van der Waals surface area contributed by atoms with Gasteiger partial charge >= 0.3 is 0 Å². The molecule has 4 nitrogen and oxygen atoms in total. The van der Waals surface area contributed by atoms with E-state index in [0.717, 1.165) is 26.6 Å². The van der Waals surface area contributed by atoms with Crippen LogP contribution in [0.15, 0.2) is 53.4 Å². The molecular weight excluding hydrogens is 459 g/mol. The highest BCUT2D eigenvalue weighted by molar-refractivity contribution is 14.1. The molecule has 1 aliphatic rings. The van der Waals surface area contributed by atoms with Crippen LogP contribution < -0.4 is 5.32 Å². The molecule has 0 aromatic heterocycles. The summed E-state index contributed by atoms with van der Waals surface area (Å²) in [5.41, 5.74) is 1.69. The third-order valence-electron chi connectivity index (χ3n) is 3.33. The van der Waals surface area contributed by atoms with Crippen molar-refractivity contribution in [3.63, 3.8) is 0 Å². The molecule has 2 aromatic rings. The first-order valence-electron chi connectivity index (χ1n) is 7.03. The van der Waals surface area contributed by atoms with E-state index in [4.69, 9.17) is 11.6 Å². The Morgan fingerprint density at radius 1 is 1.08 bits per heavy atom. The topological polar surface area (TPSA) is 49.4 Å². The van der Waals surface area contributed by atoms with E-state index in [-0.39, 0.29) is 17.8 Å². The monoisotopic (exact) mass is 470 g/mol. The van der Waals surface area contributed by atoms with Gasteiger partial charge in [-0.1, -0.05) is 23.7 Å². The van der Waals surface area contributed by atoms with E-state index >= 15 is 0 Å². The fourth-order valence-corrected chi connectivity index (χ4v) is 3.41. The third-order valence-corrected chi connectivity index (χ3v) is 5.21. The number of halogens is 2. The van der Waals surface area contributed by atoms with E-state index in [1.165, 1.54) is 4.90 Å². The highest BCUT2D eigenvalue weighted by Gasteiger charge is 2.34. The number of thioether (sulfide) groups is 1. The molecule has 0 radical (unpaired) electrons. The van der Waals surface area contributed by atoms with Gasteiger partial charge in [-0.3, -0.25) is 14.5 Å². The Hall–Kier alpha value is -1.51. The fourth-order valence-electron chi connectivity index (χ4n) is 2.08. The molecule has 24 heavy (non-hydrogen) atoms. The van der Waals surface area contributed by atoms with Crippen LogP contribution in [0.3, 0.4) is 0 Å². The van der Waals surface area contributed by atoms with Crippen LogP contribution in [-0.4, -0.2) is 22.7 Å². The number of nitrogens with one attached hydrogen (secondary N) is 1. The Morgan fingerprint density at radius 3 is 2.42 bits per heavy atom. The predicted molar refractivity (Wildman–Crippen MR) is 107 cm³/mol. The number of carbonyl (C=O) groups excluding carboxylic acids is 2. The molecule has 1 heterocycles. The first-order chi connectivity index (χ1) is 11.5. The van der Waals surface area contributed by atoms with Crippen molar-refractivity contribution in [2.45, 2.75) is 0 Å². The first-order valence-corrected chi connectivity index (χ1v) is 9.30. The Labute approximate surface area is 162 Å². The number of rotatable bonds is 4. The van der Waals surface area contributed by atoms with E-state index in [1.54, 1.807) is 30.3 Å². The third kappa shape index (κ3) is 4.12. The van der Waals surface area contributed by atoms with Gasteiger partial charge in [0.25, 0.3) is 11.1 Å². The Kier molecular flexibility index (Phi) is 5.47. The lowest BCUT2D eigenvalue weighted by Gasteiger charge is -2.14. The molecule has 0 saturated carbocycles. The minimum atomic E-state index is -0.287. The molecule has 1 fully saturated rings. The Bertz CT molecular complexity index is 806. The number of nitrogens with zero attached hydrogens (tertiary/aromatic N) is 1. The van der Waals surface area contributed by atoms with Crippen LogP contribution in [-0.2, 0) is 4.79 Å². The molecule has 0 unspecified atom stereocenters. The lowest BCUT2D eigenvalue weighted by molar-refractivity contribution is -0.122. The summed E-state index contributed by atoms with van der Waals surface area (Å²) >= 11 is 9.01. The molecule has 2 amide bonds. The van der Waals surface area contributed by atoms with Crippen LogP contribution in [0.1, 0.15) is 5.56 Å². The van der Waals surface area contributed by atoms with Crippen LogP contribution in [0.4, 0.5) is 10.5 Å². The first kappa shape index (κ1) is 17.3. The van der Waals surface area contributed by atoms with E-state index in [0.29, 0.717) is 9.93 Å². The van der Waals surface area contributed by atoms with Crippen molar-refractivity contribution in [3.05, 3.63) is 67.6 Å². The highest BCUT2D eigenvalue weighted by atomic mass is 127. The highest BCUT2D eigenvalue weighted by Crippen LogP contribution is 2.32. The van der Waals surface area contributed by atoms with Gasteiger partial charge in [0.05, 0.1) is 11.6 Å². The summed E-state index contributed by atoms with van der Waals surface area (Å²) in [5, 5.41) is 3.40. The average molecular weight is 471 g/mol. The van der Waals surface area contributed by atoms with Crippen LogP contribution in [0.5, 0.6) is 0 Å². The summed E-state index contributed by atoms with van der Waals surface area (Å²) in [6.45, 7) is 0.121. The van der Waals surface area contributed by atoms with Gasteiger partial charge < -0.3 is 5.32 Å². The van der Waals surface area contributed by atoms with Gasteiger partial charge in [0.2, 0.25) is 0 Å². The summed E-state index contributed by atoms with van der Waals surface area (Å²) in [6.07, 6.45) is 1.74. The summed E-state index contributed by atoms with van der Waals surface area (Å²) in [7, 11) is 0. The molecule has 1 N–H and O–H groups in total. The lowest BCUT2D eigenvalue weighted by atomic mass is 10.2. The predicted octanol–water partition coefficient (Wildman–Crippen LogP) is 5.05. The normalized spacial score (nSPS) is 16.1. The summed E-state index contributed by atoms with van der Waals surface area (Å²) in [6, 6.07) is 14.8. The minimum absolute atomic E-state index is 0.121. The molecule has 7 heteroatoms. The molecule has 0 aliphatic carbocycles. The fraction of sp³-hybridized carbons (Fsp3) is 0.0588. The number of hydrogen-bond acceptors (Lipinski definition) is 4. The van der Waals surface area contributed by atoms with E-state index in [9.17, 15) is 9.59 Å². The second-order valence-corrected chi connectivity index (χ2v) is 7.68. The zero-order valence-electron chi connectivity index (χ0n) is 12.3. The SMILES string of the molecule is O=C1S/C(=C/c2ccc(I)cc2)C(=O)N1CNc1ccc(Cl)cc1. The van der Waals surface area contributed by atoms with Crippen molar-refractivity contribution in [1.82, 2.24) is 4.90 Å². The maximum atomic E-state index is 12.4. The van der Waals surface area contributed by atoms with Gasteiger partial charge in [0.1, 0.15) is 0 Å². The van der Waals surface area contributed by atoms with Gasteiger partial charge in [0.15, 0.2) is 0 Å². The molecule has 1 aliphatic heterocycles. The van der Waals surface area contributed by atoms with Crippen molar-refractivity contribution < 1.29 is 9.59 Å². The summed E-state index contributed by atoms with van der Waals surface area (Å²) in [5.74, 6) is -0.287. The maximum absolute atomic E-state index is 12.4. The van der Waals surface area contributed by atoms with E-state index in [2.05, 4.69) is 27.9 Å². The van der Waals surface area contributed by atoms with Crippen molar-refractivity contribution in [1.29, 1.82) is 0 Å². The Balaban J connectivity index is 1.69. The van der Waals surface area contributed by atoms with Gasteiger partial charge in [-0.05, 0) is 82.4 Å². The van der Waals surface area contributed by atoms with Crippen LogP contribution >= 0.6 is 46.0 Å². The van der Waals surface area contributed by atoms with Crippen LogP contribution in [0, 0.1) is 3.57 Å². The molecule has 0 atom stereocenters. The number of hydrogen-bond donors (Lipinski definition) is 1. The van der Waals surface area contributed by atoms with Crippen LogP contribution in [0.25, 0.3) is 6.08 Å². The maximum Gasteiger partial charge on any atom is 0.295 e. The van der Waals surface area contributed by atoms with Gasteiger partial charge in [-0.15, -0.1) is 0 Å². The smallest absolute Gasteiger partial charge is 0.295 e. The Morgan fingerprint density at radius 2 is 1.75 bits per heavy atom. The molecular formula is C17H12ClIN2O2S. The molecule has 3 rings (SSSR count). The molecule has 0 spiro atoms. The zero-order chi connectivity index (χ0) is 17.1. The minimum Gasteiger partial charge on any atom is -0.367 e. The van der Waals surface area contributed by atoms with Gasteiger partial charge in [-0.2, -0.15) is 0 Å². The largest absolute Gasteiger partial charge is 0.367 e. The van der Waals surface area contributed by atoms with Crippen LogP contribution in [0.2, 0.25) is 5.02 Å². The van der Waals surface area contributed by atoms with Crippen molar-refractivity contribution in [2.75, 3.05) is 12.0 Å². The number of anilines is 1. The number of amides is 2. The molecule has 122 valence electrons. The second kappa shape index (κ2) is 7.58. The molecule has 0 bridgehead atoms. The number of carbonyl (C=O) groups is 2. The summed E-state index contributed by atoms with van der Waals surface area (Å²) < 4.78 is 1.12. The van der Waals surface area contributed by atoms with Gasteiger partial charge in [-0.25, -0.2) is 0 Å². The van der Waals surface area contributed by atoms with Crippen molar-refractivity contribution >= 4 is 68.9 Å². The zero-order valence-corrected chi connectivity index (χ0v) is 16.1. The van der Waals surface area contributed by atoms with E-state index in [1.807, 2.05) is 24.3 Å². The quantitative estimate of drug-likeness (QED) is 0.502. The molecule has 2 aromatic carbocycles. The lowest BCUT2D eigenvalue weighted by Crippen LogP contribution is -2.33. The van der Waals surface area contributed by atoms with Crippen molar-refractivity contribution in [3.8, 4) is 0 Å². The van der Waals surface area contributed by atoms with E-state index < -0.39 is 0 Å². The average Bonchev–Trinajstić information content (AvgIpc) is 2.83. The summed E-state index contributed by atoms with van der Waals surface area (Å²) in [4.78, 5) is 26.1. The second-order valence-electron chi connectivity index (χ2n) is 5.00. The van der Waals surface area contributed by atoms with Gasteiger partial charge in [0, 0.05) is 14.3 Å². The standard InChI is InChI=1S/C17H12ClIN2O2S/c18-12-3-7-14(8-4-12)20-10-21-16(22)15(24-17(21)23)9-11-1-5-13(19)6-2-11/h1-9,20H,10H2/b15-9+. The number of imide groups is 1. The van der Waals surface area contributed by atoms with Crippen molar-refractivity contribution in [2.24, 2.45) is 0 Å². The molecule has 1 saturated heterocycles. The number of benzene rings is 2.